The van der Waals surface area contributed by atoms with Crippen LogP contribution in [0.1, 0.15) is 44.3 Å². The molecule has 0 saturated heterocycles. The molecule has 4 saturated carbocycles. The van der Waals surface area contributed by atoms with Crippen LogP contribution < -0.4 is 0 Å². The van der Waals surface area contributed by atoms with Crippen molar-refractivity contribution in [1.82, 2.24) is 15.0 Å². The summed E-state index contributed by atoms with van der Waals surface area (Å²) in [6, 6.07) is 36.3. The van der Waals surface area contributed by atoms with Crippen molar-refractivity contribution in [3.05, 3.63) is 115 Å². The van der Waals surface area contributed by atoms with E-state index in [1.807, 2.05) is 6.07 Å². The van der Waals surface area contributed by atoms with Crippen LogP contribution in [0.25, 0.3) is 55.9 Å². The van der Waals surface area contributed by atoms with Crippen molar-refractivity contribution in [2.75, 3.05) is 0 Å². The maximum atomic E-state index is 5.78. The first kappa shape index (κ1) is 25.0. The molecule has 4 heteroatoms. The number of fused-ring (bicyclic) bond motifs is 1. The molecule has 0 radical (unpaired) electrons. The lowest BCUT2D eigenvalue weighted by Gasteiger charge is -2.56. The Bertz CT molecular complexity index is 1910. The topological polar surface area (TPSA) is 51.8 Å². The van der Waals surface area contributed by atoms with E-state index < -0.39 is 0 Å². The minimum absolute atomic E-state index is 0.133. The first-order valence-electron chi connectivity index (χ1n) is 15.7. The normalized spacial score (nSPS) is 24.0. The van der Waals surface area contributed by atoms with Gasteiger partial charge in [-0.25, -0.2) is 15.0 Å². The summed E-state index contributed by atoms with van der Waals surface area (Å²) in [7, 11) is 0. The van der Waals surface area contributed by atoms with Gasteiger partial charge in [0.2, 0.25) is 0 Å². The number of benzene rings is 4. The highest BCUT2D eigenvalue weighted by molar-refractivity contribution is 5.95. The number of oxazole rings is 1. The van der Waals surface area contributed by atoms with Gasteiger partial charge >= 0.3 is 0 Å². The molecule has 0 amide bonds. The predicted molar refractivity (Wildman–Crippen MR) is 171 cm³/mol. The van der Waals surface area contributed by atoms with Gasteiger partial charge in [-0.05, 0) is 91.2 Å². The molecule has 2 aromatic heterocycles. The van der Waals surface area contributed by atoms with Gasteiger partial charge in [0.25, 0.3) is 0 Å². The highest BCUT2D eigenvalue weighted by Gasteiger charge is 2.53. The van der Waals surface area contributed by atoms with Crippen molar-refractivity contribution in [2.24, 2.45) is 17.8 Å². The Hall–Kier alpha value is -4.57. The number of nitrogens with zero attached hydrogens (tertiary/aromatic N) is 3. The predicted octanol–water partition coefficient (Wildman–Crippen LogP) is 9.75. The summed E-state index contributed by atoms with van der Waals surface area (Å²) in [5.74, 6) is 3.62. The summed E-state index contributed by atoms with van der Waals surface area (Å²) in [6.07, 6.45) is 9.54. The molecule has 2 heterocycles. The van der Waals surface area contributed by atoms with Gasteiger partial charge in [-0.2, -0.15) is 0 Å². The zero-order valence-electron chi connectivity index (χ0n) is 24.1. The molecule has 10 rings (SSSR count). The first-order valence-corrected chi connectivity index (χ1v) is 15.7. The Labute approximate surface area is 251 Å². The van der Waals surface area contributed by atoms with Gasteiger partial charge in [0, 0.05) is 22.1 Å². The van der Waals surface area contributed by atoms with Crippen molar-refractivity contribution < 1.29 is 4.42 Å². The standard InChI is InChI=1S/C39H33N3O/c1-3-7-29(8-4-1)33-18-32(19-36-37(33)40-24-43-36)28-11-13-31(14-12-28)35-20-34(30-9-5-2-6-10-30)41-38(42-35)39-21-25-15-26(22-39)17-27(16-25)23-39/h1-14,18-20,24-27H,15-17,21-23H2. The van der Waals surface area contributed by atoms with Crippen molar-refractivity contribution in [3.63, 3.8) is 0 Å². The number of hydrogen-bond acceptors (Lipinski definition) is 4. The summed E-state index contributed by atoms with van der Waals surface area (Å²) >= 11 is 0. The van der Waals surface area contributed by atoms with Gasteiger partial charge in [-0.3, -0.25) is 0 Å². The fourth-order valence-corrected chi connectivity index (χ4v) is 8.78. The van der Waals surface area contributed by atoms with Crippen LogP contribution in [0.2, 0.25) is 0 Å². The summed E-state index contributed by atoms with van der Waals surface area (Å²) in [5, 5.41) is 0. The third-order valence-corrected chi connectivity index (χ3v) is 10.3. The molecule has 0 N–H and O–H groups in total. The molecule has 4 aliphatic rings. The number of rotatable bonds is 5. The Balaban J connectivity index is 1.13. The molecule has 0 aliphatic heterocycles. The molecule has 4 bridgehead atoms. The van der Waals surface area contributed by atoms with E-state index in [1.54, 1.807) is 0 Å². The van der Waals surface area contributed by atoms with Crippen LogP contribution in [-0.4, -0.2) is 15.0 Å². The number of aromatic nitrogens is 3. The maximum Gasteiger partial charge on any atom is 0.182 e. The van der Waals surface area contributed by atoms with Crippen molar-refractivity contribution in [1.29, 1.82) is 0 Å². The van der Waals surface area contributed by atoms with E-state index in [9.17, 15) is 0 Å². The average Bonchev–Trinajstić information content (AvgIpc) is 3.53. The molecule has 4 nitrogen and oxygen atoms in total. The summed E-state index contributed by atoms with van der Waals surface area (Å²) < 4.78 is 5.78. The first-order chi connectivity index (χ1) is 21.2. The largest absolute Gasteiger partial charge is 0.443 e. The van der Waals surface area contributed by atoms with E-state index in [1.165, 1.54) is 44.9 Å². The molecule has 43 heavy (non-hydrogen) atoms. The van der Waals surface area contributed by atoms with Gasteiger partial charge < -0.3 is 4.42 Å². The van der Waals surface area contributed by atoms with Gasteiger partial charge in [0.15, 0.2) is 12.0 Å². The van der Waals surface area contributed by atoms with E-state index >= 15 is 0 Å². The van der Waals surface area contributed by atoms with Crippen LogP contribution in [0.15, 0.2) is 114 Å². The Morgan fingerprint density at radius 3 is 1.74 bits per heavy atom. The summed E-state index contributed by atoms with van der Waals surface area (Å²) in [6.45, 7) is 0. The summed E-state index contributed by atoms with van der Waals surface area (Å²) in [5.41, 5.74) is 10.6. The molecule has 0 atom stereocenters. The van der Waals surface area contributed by atoms with E-state index in [4.69, 9.17) is 14.4 Å². The molecule has 0 spiro atoms. The van der Waals surface area contributed by atoms with Crippen molar-refractivity contribution in [2.45, 2.75) is 43.9 Å². The van der Waals surface area contributed by atoms with Gasteiger partial charge in [0.05, 0.1) is 11.4 Å². The number of hydrogen-bond donors (Lipinski definition) is 0. The molecule has 4 aromatic carbocycles. The van der Waals surface area contributed by atoms with Crippen LogP contribution in [-0.2, 0) is 5.41 Å². The third-order valence-electron chi connectivity index (χ3n) is 10.3. The summed E-state index contributed by atoms with van der Waals surface area (Å²) in [4.78, 5) is 15.2. The van der Waals surface area contributed by atoms with Crippen LogP contribution in [0.4, 0.5) is 0 Å². The van der Waals surface area contributed by atoms with Gasteiger partial charge in [0.1, 0.15) is 11.3 Å². The van der Waals surface area contributed by atoms with E-state index in [0.717, 1.165) is 79.4 Å². The second kappa shape index (κ2) is 9.74. The Morgan fingerprint density at radius 1 is 0.558 bits per heavy atom. The fraction of sp³-hybridized carbons (Fsp3) is 0.256. The van der Waals surface area contributed by atoms with Crippen LogP contribution in [0, 0.1) is 17.8 Å². The zero-order chi connectivity index (χ0) is 28.4. The second-order valence-electron chi connectivity index (χ2n) is 13.2. The molecule has 0 unspecified atom stereocenters. The van der Waals surface area contributed by atoms with Crippen molar-refractivity contribution in [3.8, 4) is 44.8 Å². The SMILES string of the molecule is c1ccc(-c2cc(-c3ccc(-c4cc(-c5ccccc5)c5ncoc5c4)cc3)nc(C34CC5CC(CC(C5)C3)C4)n2)cc1. The minimum Gasteiger partial charge on any atom is -0.443 e. The minimum atomic E-state index is 0.133. The lowest BCUT2D eigenvalue weighted by molar-refractivity contribution is -0.00929. The molecular weight excluding hydrogens is 526 g/mol. The molecule has 4 aliphatic carbocycles. The van der Waals surface area contributed by atoms with E-state index in [2.05, 4.69) is 102 Å². The highest BCUT2D eigenvalue weighted by Crippen LogP contribution is 2.60. The van der Waals surface area contributed by atoms with Crippen molar-refractivity contribution >= 4 is 11.1 Å². The molecular formula is C39H33N3O. The lowest BCUT2D eigenvalue weighted by atomic mass is 9.49. The monoisotopic (exact) mass is 559 g/mol. The fourth-order valence-electron chi connectivity index (χ4n) is 8.78. The quantitative estimate of drug-likeness (QED) is 0.211. The second-order valence-corrected chi connectivity index (χ2v) is 13.2. The lowest BCUT2D eigenvalue weighted by Crippen LogP contribution is -2.49. The molecule has 210 valence electrons. The Morgan fingerprint density at radius 2 is 1.12 bits per heavy atom. The van der Waals surface area contributed by atoms with Crippen LogP contribution >= 0.6 is 0 Å². The zero-order valence-corrected chi connectivity index (χ0v) is 24.1. The van der Waals surface area contributed by atoms with Gasteiger partial charge in [-0.15, -0.1) is 0 Å². The third kappa shape index (κ3) is 4.31. The van der Waals surface area contributed by atoms with E-state index in [0.29, 0.717) is 0 Å². The Kier molecular flexibility index (Phi) is 5.65. The molecule has 4 fully saturated rings. The van der Waals surface area contributed by atoms with Gasteiger partial charge in [-0.1, -0.05) is 84.9 Å². The van der Waals surface area contributed by atoms with Crippen LogP contribution in [0.5, 0.6) is 0 Å². The average molecular weight is 560 g/mol. The van der Waals surface area contributed by atoms with Crippen LogP contribution in [0.3, 0.4) is 0 Å². The maximum absolute atomic E-state index is 5.78. The van der Waals surface area contributed by atoms with E-state index in [-0.39, 0.29) is 5.41 Å². The highest BCUT2D eigenvalue weighted by atomic mass is 16.3. The smallest absolute Gasteiger partial charge is 0.182 e. The molecule has 6 aromatic rings.